The largest absolute Gasteiger partial charge is 0.370 e. The van der Waals surface area contributed by atoms with E-state index < -0.39 is 15.9 Å². The number of nitrogens with one attached hydrogen (secondary N) is 1. The summed E-state index contributed by atoms with van der Waals surface area (Å²) in [6, 6.07) is 10.1. The number of halogens is 3. The first-order chi connectivity index (χ1) is 19.0. The Kier molecular flexibility index (Phi) is 11.1. The van der Waals surface area contributed by atoms with E-state index in [9.17, 15) is 13.2 Å². The second kappa shape index (κ2) is 13.9. The van der Waals surface area contributed by atoms with E-state index in [4.69, 9.17) is 34.8 Å². The molecule has 3 rings (SSSR count). The first kappa shape index (κ1) is 32.0. The maximum absolute atomic E-state index is 13.2. The molecule has 0 aliphatic carbocycles. The van der Waals surface area contributed by atoms with Gasteiger partial charge in [-0.1, -0.05) is 54.7 Å². The van der Waals surface area contributed by atoms with Crippen LogP contribution in [0.1, 0.15) is 44.5 Å². The lowest BCUT2D eigenvalue weighted by Crippen LogP contribution is -2.31. The summed E-state index contributed by atoms with van der Waals surface area (Å²) in [6.45, 7) is 11.7. The van der Waals surface area contributed by atoms with E-state index in [0.29, 0.717) is 63.9 Å². The van der Waals surface area contributed by atoms with Gasteiger partial charge in [0.15, 0.2) is 0 Å². The molecule has 0 saturated carbocycles. The summed E-state index contributed by atoms with van der Waals surface area (Å²) in [5.74, 6) is -0.442. The van der Waals surface area contributed by atoms with Crippen molar-refractivity contribution in [3.8, 4) is 0 Å². The average molecular weight is 627 g/mol. The molecule has 0 bridgehead atoms. The van der Waals surface area contributed by atoms with Gasteiger partial charge in [-0.25, -0.2) is 13.1 Å². The predicted octanol–water partition coefficient (Wildman–Crippen LogP) is 6.73. The maximum atomic E-state index is 13.2. The van der Waals surface area contributed by atoms with E-state index >= 15 is 0 Å². The van der Waals surface area contributed by atoms with Crippen LogP contribution in [-0.2, 0) is 21.4 Å². The lowest BCUT2D eigenvalue weighted by atomic mass is 10.2. The molecule has 0 unspecified atom stereocenters. The van der Waals surface area contributed by atoms with Crippen molar-refractivity contribution in [2.24, 2.45) is 0 Å². The number of aryl methyl sites for hydroxylation is 1. The summed E-state index contributed by atoms with van der Waals surface area (Å²) in [5.41, 5.74) is 3.00. The van der Waals surface area contributed by atoms with Gasteiger partial charge in [0, 0.05) is 53.4 Å². The highest BCUT2D eigenvalue weighted by atomic mass is 35.5. The first-order valence-corrected chi connectivity index (χ1v) is 15.6. The van der Waals surface area contributed by atoms with Crippen LogP contribution < -0.4 is 10.2 Å². The minimum Gasteiger partial charge on any atom is -0.370 e. The molecular formula is C28H34Cl3N5O3S. The van der Waals surface area contributed by atoms with E-state index in [-0.39, 0.29) is 11.4 Å². The fourth-order valence-corrected chi connectivity index (χ4v) is 6.66. The number of amides is 1. The molecule has 12 heteroatoms. The molecule has 0 saturated heterocycles. The van der Waals surface area contributed by atoms with E-state index in [0.717, 1.165) is 5.69 Å². The molecule has 216 valence electrons. The third-order valence-electron chi connectivity index (χ3n) is 6.55. The van der Waals surface area contributed by atoms with Crippen molar-refractivity contribution < 1.29 is 13.2 Å². The van der Waals surface area contributed by atoms with Crippen LogP contribution in [0.4, 0.5) is 11.4 Å². The van der Waals surface area contributed by atoms with E-state index in [2.05, 4.69) is 10.4 Å². The summed E-state index contributed by atoms with van der Waals surface area (Å²) in [6.07, 6.45) is 2.93. The fourth-order valence-electron chi connectivity index (χ4n) is 4.36. The number of hydrogen-bond acceptors (Lipinski definition) is 5. The van der Waals surface area contributed by atoms with Gasteiger partial charge >= 0.3 is 0 Å². The molecule has 3 aromatic rings. The maximum Gasteiger partial charge on any atom is 0.248 e. The van der Waals surface area contributed by atoms with Crippen LogP contribution in [0.3, 0.4) is 0 Å². The molecule has 2 aromatic carbocycles. The second-order valence-electron chi connectivity index (χ2n) is 8.91. The molecule has 1 N–H and O–H groups in total. The summed E-state index contributed by atoms with van der Waals surface area (Å²) >= 11 is 19.2. The Morgan fingerprint density at radius 3 is 2.20 bits per heavy atom. The van der Waals surface area contributed by atoms with Gasteiger partial charge in [-0.05, 0) is 57.2 Å². The third-order valence-corrected chi connectivity index (χ3v) is 9.71. The van der Waals surface area contributed by atoms with E-state index in [1.807, 2.05) is 18.7 Å². The zero-order valence-corrected chi connectivity index (χ0v) is 26.3. The van der Waals surface area contributed by atoms with Crippen LogP contribution in [0.15, 0.2) is 47.4 Å². The van der Waals surface area contributed by atoms with Crippen molar-refractivity contribution in [3.05, 3.63) is 74.5 Å². The molecule has 0 radical (unpaired) electrons. The summed E-state index contributed by atoms with van der Waals surface area (Å²) in [4.78, 5) is 15.2. The van der Waals surface area contributed by atoms with Crippen LogP contribution in [0.2, 0.25) is 15.2 Å². The zero-order chi connectivity index (χ0) is 29.6. The minimum absolute atomic E-state index is 0.116. The first-order valence-electron chi connectivity index (χ1n) is 13.0. The van der Waals surface area contributed by atoms with Crippen LogP contribution >= 0.6 is 34.8 Å². The number of sulfonamides is 1. The summed E-state index contributed by atoms with van der Waals surface area (Å²) < 4.78 is 29.3. The van der Waals surface area contributed by atoms with E-state index in [1.165, 1.54) is 16.4 Å². The van der Waals surface area contributed by atoms with Crippen molar-refractivity contribution in [3.63, 3.8) is 0 Å². The van der Waals surface area contributed by atoms with Gasteiger partial charge in [0.1, 0.15) is 5.15 Å². The van der Waals surface area contributed by atoms with Crippen LogP contribution in [0, 0.1) is 6.92 Å². The number of benzene rings is 2. The monoisotopic (exact) mass is 625 g/mol. The lowest BCUT2D eigenvalue weighted by Gasteiger charge is -2.25. The van der Waals surface area contributed by atoms with Crippen molar-refractivity contribution >= 4 is 68.2 Å². The highest BCUT2D eigenvalue weighted by Crippen LogP contribution is 2.31. The molecule has 0 aliphatic rings. The number of carbonyl (C=O) groups is 1. The van der Waals surface area contributed by atoms with Crippen LogP contribution in [-0.4, -0.2) is 54.6 Å². The number of hydrogen-bond donors (Lipinski definition) is 1. The Labute approximate surface area is 251 Å². The smallest absolute Gasteiger partial charge is 0.248 e. The zero-order valence-electron chi connectivity index (χ0n) is 23.2. The highest BCUT2D eigenvalue weighted by molar-refractivity contribution is 7.89. The quantitative estimate of drug-likeness (QED) is 0.225. The second-order valence-corrected chi connectivity index (χ2v) is 12.0. The molecule has 1 aromatic heterocycles. The molecule has 0 atom stereocenters. The predicted molar refractivity (Wildman–Crippen MR) is 165 cm³/mol. The number of aromatic nitrogens is 2. The van der Waals surface area contributed by atoms with Gasteiger partial charge in [-0.2, -0.15) is 9.40 Å². The standard InChI is InChI=1S/C28H34Cl3N5O3S/c1-6-34(7-2)26-15-13-20(40(38,39)35(8-3)9-4)17-25(26)32-27(37)16-14-21-19(5)33-36(28(21)31)18-22-23(29)11-10-12-24(22)30/h10-17H,6-9,18H2,1-5H3,(H,32,37)/b16-14+. The normalized spacial score (nSPS) is 11.9. The Bertz CT molecular complexity index is 1480. The van der Waals surface area contributed by atoms with Gasteiger partial charge < -0.3 is 10.2 Å². The molecular weight excluding hydrogens is 593 g/mol. The Morgan fingerprint density at radius 2 is 1.62 bits per heavy atom. The van der Waals surface area contributed by atoms with Gasteiger partial charge in [-0.3, -0.25) is 4.79 Å². The third kappa shape index (κ3) is 7.01. The number of nitrogens with zero attached hydrogens (tertiary/aromatic N) is 4. The highest BCUT2D eigenvalue weighted by Gasteiger charge is 2.24. The number of rotatable bonds is 12. The molecule has 1 heterocycles. The Balaban J connectivity index is 1.91. The van der Waals surface area contributed by atoms with Crippen molar-refractivity contribution in [1.29, 1.82) is 0 Å². The van der Waals surface area contributed by atoms with Gasteiger partial charge in [0.05, 0.1) is 28.5 Å². The minimum atomic E-state index is -3.71. The summed E-state index contributed by atoms with van der Waals surface area (Å²) in [5, 5.41) is 8.68. The Morgan fingerprint density at radius 1 is 1.00 bits per heavy atom. The van der Waals surface area contributed by atoms with Crippen LogP contribution in [0.25, 0.3) is 6.08 Å². The molecule has 1 amide bonds. The number of carbonyl (C=O) groups excluding carboxylic acids is 1. The fraction of sp³-hybridized carbons (Fsp3) is 0.357. The molecule has 0 fully saturated rings. The topological polar surface area (TPSA) is 87.5 Å². The lowest BCUT2D eigenvalue weighted by molar-refractivity contribution is -0.111. The van der Waals surface area contributed by atoms with Gasteiger partial charge in [0.25, 0.3) is 0 Å². The molecule has 40 heavy (non-hydrogen) atoms. The van der Waals surface area contributed by atoms with Crippen molar-refractivity contribution in [2.75, 3.05) is 36.4 Å². The Hall–Kier alpha value is -2.56. The SMILES string of the molecule is CCN(CC)c1ccc(S(=O)(=O)N(CC)CC)cc1NC(=O)/C=C/c1c(C)nn(Cc2c(Cl)cccc2Cl)c1Cl. The van der Waals surface area contributed by atoms with Crippen LogP contribution in [0.5, 0.6) is 0 Å². The number of anilines is 2. The summed E-state index contributed by atoms with van der Waals surface area (Å²) in [7, 11) is -3.71. The molecule has 0 spiro atoms. The van der Waals surface area contributed by atoms with Crippen molar-refractivity contribution in [1.82, 2.24) is 14.1 Å². The molecule has 0 aliphatic heterocycles. The van der Waals surface area contributed by atoms with Gasteiger partial charge in [0.2, 0.25) is 15.9 Å². The average Bonchev–Trinajstić information content (AvgIpc) is 3.18. The molecule has 8 nitrogen and oxygen atoms in total. The van der Waals surface area contributed by atoms with Crippen molar-refractivity contribution in [2.45, 2.75) is 46.1 Å². The van der Waals surface area contributed by atoms with E-state index in [1.54, 1.807) is 61.9 Å². The van der Waals surface area contributed by atoms with Gasteiger partial charge in [-0.15, -0.1) is 0 Å².